The molecule has 0 aliphatic heterocycles. The standard InChI is InChI=1S/C34H41N3O5/c1-5-23-11-15-26(16-12-23)30(31(39)35-22-25-9-7-6-8-10-25)37(27-17-18-27)32(40)29(36-33(41)42-34(2,3)4)21-24-13-19-28(38)20-14-24/h6-16,19-20,27,29-30,38H,5,17-18,21-22H2,1-4H3,(H,35,39)(H,36,41). The van der Waals surface area contributed by atoms with Gasteiger partial charge in [0.15, 0.2) is 0 Å². The Morgan fingerprint density at radius 3 is 2.10 bits per heavy atom. The number of nitrogens with one attached hydrogen (secondary N) is 2. The van der Waals surface area contributed by atoms with Crippen molar-refractivity contribution < 1.29 is 24.2 Å². The van der Waals surface area contributed by atoms with Gasteiger partial charge in [0.05, 0.1) is 0 Å². The molecule has 42 heavy (non-hydrogen) atoms. The van der Waals surface area contributed by atoms with Gasteiger partial charge in [0.25, 0.3) is 0 Å². The average molecular weight is 572 g/mol. The number of benzene rings is 3. The summed E-state index contributed by atoms with van der Waals surface area (Å²) in [5.74, 6) is -0.549. The number of ether oxygens (including phenoxy) is 1. The van der Waals surface area contributed by atoms with Crippen LogP contribution in [0.15, 0.2) is 78.9 Å². The number of amides is 3. The smallest absolute Gasteiger partial charge is 0.408 e. The monoisotopic (exact) mass is 571 g/mol. The molecule has 1 saturated carbocycles. The van der Waals surface area contributed by atoms with Crippen molar-refractivity contribution in [1.82, 2.24) is 15.5 Å². The van der Waals surface area contributed by atoms with Crippen LogP contribution in [0, 0.1) is 0 Å². The molecule has 1 aliphatic rings. The average Bonchev–Trinajstić information content (AvgIpc) is 3.80. The molecule has 8 nitrogen and oxygen atoms in total. The molecule has 0 saturated heterocycles. The van der Waals surface area contributed by atoms with Gasteiger partial charge < -0.3 is 25.4 Å². The van der Waals surface area contributed by atoms with Crippen molar-refractivity contribution in [3.05, 3.63) is 101 Å². The van der Waals surface area contributed by atoms with Crippen molar-refractivity contribution >= 4 is 17.9 Å². The maximum atomic E-state index is 14.4. The number of phenols is 1. The summed E-state index contributed by atoms with van der Waals surface area (Å²) in [6.45, 7) is 7.66. The zero-order chi connectivity index (χ0) is 30.3. The molecule has 0 radical (unpaired) electrons. The van der Waals surface area contributed by atoms with Crippen LogP contribution in [0.25, 0.3) is 0 Å². The molecular formula is C34H41N3O5. The molecule has 1 fully saturated rings. The molecule has 0 heterocycles. The van der Waals surface area contributed by atoms with Crippen molar-refractivity contribution in [3.63, 3.8) is 0 Å². The number of rotatable bonds is 11. The Kier molecular flexibility index (Phi) is 9.88. The number of carbonyl (C=O) groups is 3. The first-order valence-corrected chi connectivity index (χ1v) is 14.5. The Bertz CT molecular complexity index is 1350. The summed E-state index contributed by atoms with van der Waals surface area (Å²) >= 11 is 0. The van der Waals surface area contributed by atoms with E-state index in [1.165, 1.54) is 12.1 Å². The molecule has 0 spiro atoms. The maximum Gasteiger partial charge on any atom is 0.408 e. The molecule has 2 unspecified atom stereocenters. The topological polar surface area (TPSA) is 108 Å². The third kappa shape index (κ3) is 8.59. The van der Waals surface area contributed by atoms with Gasteiger partial charge >= 0.3 is 6.09 Å². The fraction of sp³-hybridized carbons (Fsp3) is 0.382. The number of carbonyl (C=O) groups excluding carboxylic acids is 3. The van der Waals surface area contributed by atoms with E-state index in [0.29, 0.717) is 12.1 Å². The largest absolute Gasteiger partial charge is 0.508 e. The summed E-state index contributed by atoms with van der Waals surface area (Å²) in [4.78, 5) is 42.9. The Balaban J connectivity index is 1.68. The lowest BCUT2D eigenvalue weighted by atomic mass is 9.98. The van der Waals surface area contributed by atoms with Gasteiger partial charge in [0.1, 0.15) is 23.4 Å². The molecular weight excluding hydrogens is 530 g/mol. The van der Waals surface area contributed by atoms with Crippen LogP contribution in [0.2, 0.25) is 0 Å². The maximum absolute atomic E-state index is 14.4. The van der Waals surface area contributed by atoms with Crippen molar-refractivity contribution in [3.8, 4) is 5.75 Å². The van der Waals surface area contributed by atoms with E-state index in [1.807, 2.05) is 54.6 Å². The quantitative estimate of drug-likeness (QED) is 0.284. The molecule has 3 amide bonds. The van der Waals surface area contributed by atoms with E-state index < -0.39 is 23.8 Å². The first-order chi connectivity index (χ1) is 20.0. The van der Waals surface area contributed by atoms with Gasteiger partial charge in [0.2, 0.25) is 11.8 Å². The second-order valence-corrected chi connectivity index (χ2v) is 11.7. The lowest BCUT2D eigenvalue weighted by Crippen LogP contribution is -2.54. The van der Waals surface area contributed by atoms with Crippen LogP contribution >= 0.6 is 0 Å². The number of hydrogen-bond donors (Lipinski definition) is 3. The third-order valence-corrected chi connectivity index (χ3v) is 7.10. The number of alkyl carbamates (subject to hydrolysis) is 1. The highest BCUT2D eigenvalue weighted by Gasteiger charge is 2.44. The third-order valence-electron chi connectivity index (χ3n) is 7.10. The van der Waals surface area contributed by atoms with Crippen molar-refractivity contribution in [2.24, 2.45) is 0 Å². The first kappa shape index (κ1) is 30.6. The van der Waals surface area contributed by atoms with Crippen LogP contribution in [0.1, 0.15) is 68.8 Å². The van der Waals surface area contributed by atoms with Crippen LogP contribution in [0.5, 0.6) is 5.75 Å². The molecule has 0 bridgehead atoms. The number of hydrogen-bond acceptors (Lipinski definition) is 5. The Morgan fingerprint density at radius 1 is 0.905 bits per heavy atom. The lowest BCUT2D eigenvalue weighted by molar-refractivity contribution is -0.143. The van der Waals surface area contributed by atoms with Gasteiger partial charge in [-0.25, -0.2) is 4.79 Å². The minimum Gasteiger partial charge on any atom is -0.508 e. The number of nitrogens with zero attached hydrogens (tertiary/aromatic N) is 1. The fourth-order valence-corrected chi connectivity index (χ4v) is 4.82. The SMILES string of the molecule is CCc1ccc(C(C(=O)NCc2ccccc2)N(C(=O)C(Cc2ccc(O)cc2)NC(=O)OC(C)(C)C)C2CC2)cc1. The van der Waals surface area contributed by atoms with E-state index in [1.54, 1.807) is 37.8 Å². The highest BCUT2D eigenvalue weighted by molar-refractivity contribution is 5.92. The van der Waals surface area contributed by atoms with E-state index in [-0.39, 0.29) is 30.0 Å². The summed E-state index contributed by atoms with van der Waals surface area (Å²) in [5.41, 5.74) is 2.78. The predicted octanol–water partition coefficient (Wildman–Crippen LogP) is 5.44. The molecule has 222 valence electrons. The number of phenolic OH excluding ortho intramolecular Hbond substituents is 1. The van der Waals surface area contributed by atoms with Gasteiger partial charge in [-0.2, -0.15) is 0 Å². The van der Waals surface area contributed by atoms with E-state index in [2.05, 4.69) is 17.6 Å². The summed E-state index contributed by atoms with van der Waals surface area (Å²) in [6, 6.07) is 21.9. The Morgan fingerprint density at radius 2 is 1.52 bits per heavy atom. The van der Waals surface area contributed by atoms with E-state index in [4.69, 9.17) is 4.74 Å². The lowest BCUT2D eigenvalue weighted by Gasteiger charge is -2.35. The molecule has 2 atom stereocenters. The summed E-state index contributed by atoms with van der Waals surface area (Å²) < 4.78 is 5.50. The number of aromatic hydroxyl groups is 1. The molecule has 0 aromatic heterocycles. The molecule has 1 aliphatic carbocycles. The second-order valence-electron chi connectivity index (χ2n) is 11.7. The second kappa shape index (κ2) is 13.6. The van der Waals surface area contributed by atoms with Gasteiger partial charge in [-0.05, 0) is 74.4 Å². The molecule has 4 rings (SSSR count). The molecule has 3 aromatic rings. The van der Waals surface area contributed by atoms with Crippen molar-refractivity contribution in [1.29, 1.82) is 0 Å². The van der Waals surface area contributed by atoms with Gasteiger partial charge in [0, 0.05) is 19.0 Å². The van der Waals surface area contributed by atoms with Gasteiger partial charge in [-0.3, -0.25) is 9.59 Å². The van der Waals surface area contributed by atoms with E-state index in [0.717, 1.165) is 36.0 Å². The van der Waals surface area contributed by atoms with E-state index >= 15 is 0 Å². The Hall–Kier alpha value is -4.33. The molecule has 8 heteroatoms. The predicted molar refractivity (Wildman–Crippen MR) is 162 cm³/mol. The van der Waals surface area contributed by atoms with Crippen molar-refractivity contribution in [2.75, 3.05) is 0 Å². The zero-order valence-corrected chi connectivity index (χ0v) is 24.8. The summed E-state index contributed by atoms with van der Waals surface area (Å²) in [5, 5.41) is 15.6. The molecule has 3 N–H and O–H groups in total. The number of aryl methyl sites for hydroxylation is 1. The molecule has 3 aromatic carbocycles. The van der Waals surface area contributed by atoms with Crippen LogP contribution in [-0.2, 0) is 33.7 Å². The minimum absolute atomic E-state index is 0.104. The highest BCUT2D eigenvalue weighted by atomic mass is 16.6. The zero-order valence-electron chi connectivity index (χ0n) is 24.8. The summed E-state index contributed by atoms with van der Waals surface area (Å²) in [6.07, 6.45) is 1.83. The summed E-state index contributed by atoms with van der Waals surface area (Å²) in [7, 11) is 0. The minimum atomic E-state index is -0.996. The van der Waals surface area contributed by atoms with Crippen LogP contribution in [-0.4, -0.2) is 45.6 Å². The first-order valence-electron chi connectivity index (χ1n) is 14.5. The van der Waals surface area contributed by atoms with Crippen molar-refractivity contribution in [2.45, 2.75) is 83.6 Å². The van der Waals surface area contributed by atoms with Crippen LogP contribution in [0.3, 0.4) is 0 Å². The van der Waals surface area contributed by atoms with E-state index in [9.17, 15) is 19.5 Å². The highest BCUT2D eigenvalue weighted by Crippen LogP contribution is 2.36. The van der Waals surface area contributed by atoms with Crippen LogP contribution in [0.4, 0.5) is 4.79 Å². The Labute approximate surface area is 248 Å². The van der Waals surface area contributed by atoms with Gasteiger partial charge in [-0.15, -0.1) is 0 Å². The fourth-order valence-electron chi connectivity index (χ4n) is 4.82. The van der Waals surface area contributed by atoms with Gasteiger partial charge in [-0.1, -0.05) is 73.7 Å². The normalized spacial score (nSPS) is 14.4. The van der Waals surface area contributed by atoms with Crippen LogP contribution < -0.4 is 10.6 Å².